The maximum absolute atomic E-state index is 11.7. The first kappa shape index (κ1) is 11.0. The van der Waals surface area contributed by atoms with Crippen molar-refractivity contribution in [1.29, 1.82) is 0 Å². The number of hydrogen-bond acceptors (Lipinski definition) is 2. The van der Waals surface area contributed by atoms with Crippen LogP contribution in [-0.2, 0) is 8.94 Å². The van der Waals surface area contributed by atoms with Gasteiger partial charge < -0.3 is 0 Å². The zero-order valence-electron chi connectivity index (χ0n) is 7.04. The van der Waals surface area contributed by atoms with Crippen molar-refractivity contribution in [3.63, 3.8) is 0 Å². The maximum atomic E-state index is 11.7. The van der Waals surface area contributed by atoms with E-state index in [1.54, 1.807) is 31.2 Å². The van der Waals surface area contributed by atoms with E-state index in [9.17, 15) is 4.21 Å². The third-order valence-corrected chi connectivity index (χ3v) is 4.20. The standard InChI is InChI=1S/C8H9BrClNOS/c1-2-11-13(10,12)8-5-3-7(9)4-6-8/h3-6H,2H2,1H3. The Morgan fingerprint density at radius 1 is 1.46 bits per heavy atom. The minimum Gasteiger partial charge on any atom is -0.228 e. The molecular formula is C8H9BrClNOS. The summed E-state index contributed by atoms with van der Waals surface area (Å²) in [5.41, 5.74) is 0. The van der Waals surface area contributed by atoms with Gasteiger partial charge in [-0.25, -0.2) is 8.57 Å². The van der Waals surface area contributed by atoms with Crippen LogP contribution in [0.4, 0.5) is 0 Å². The fraction of sp³-hybridized carbons (Fsp3) is 0.250. The lowest BCUT2D eigenvalue weighted by molar-refractivity contribution is 0.684. The van der Waals surface area contributed by atoms with Crippen molar-refractivity contribution < 1.29 is 4.21 Å². The van der Waals surface area contributed by atoms with E-state index in [2.05, 4.69) is 20.3 Å². The largest absolute Gasteiger partial charge is 0.228 e. The normalized spacial score (nSPS) is 15.0. The quantitative estimate of drug-likeness (QED) is 0.764. The average Bonchev–Trinajstić information content (AvgIpc) is 2.05. The third kappa shape index (κ3) is 2.97. The molecule has 1 aromatic rings. The van der Waals surface area contributed by atoms with Crippen LogP contribution in [0.3, 0.4) is 0 Å². The van der Waals surface area contributed by atoms with Gasteiger partial charge in [-0.2, -0.15) is 0 Å². The van der Waals surface area contributed by atoms with Crippen molar-refractivity contribution >= 4 is 35.6 Å². The Bertz CT molecular complexity index is 395. The summed E-state index contributed by atoms with van der Waals surface area (Å²) in [6, 6.07) is 7.00. The number of rotatable bonds is 2. The van der Waals surface area contributed by atoms with E-state index >= 15 is 0 Å². The van der Waals surface area contributed by atoms with Crippen molar-refractivity contribution in [2.45, 2.75) is 11.8 Å². The highest BCUT2D eigenvalue weighted by Gasteiger charge is 2.06. The molecule has 1 aromatic carbocycles. The summed E-state index contributed by atoms with van der Waals surface area (Å²) in [5, 5.41) is 0. The molecule has 0 aliphatic rings. The fourth-order valence-corrected chi connectivity index (χ4v) is 2.66. The van der Waals surface area contributed by atoms with E-state index in [0.717, 1.165) is 4.47 Å². The van der Waals surface area contributed by atoms with Gasteiger partial charge in [-0.3, -0.25) is 0 Å². The highest BCUT2D eigenvalue weighted by molar-refractivity contribution is 9.10. The Morgan fingerprint density at radius 2 is 2.00 bits per heavy atom. The molecule has 13 heavy (non-hydrogen) atoms. The molecule has 0 aliphatic carbocycles. The summed E-state index contributed by atoms with van der Waals surface area (Å²) in [6.07, 6.45) is 0. The van der Waals surface area contributed by atoms with Crippen LogP contribution in [-0.4, -0.2) is 10.8 Å². The lowest BCUT2D eigenvalue weighted by Crippen LogP contribution is -1.91. The molecule has 0 fully saturated rings. The molecule has 2 nitrogen and oxygen atoms in total. The molecular weight excluding hydrogens is 274 g/mol. The van der Waals surface area contributed by atoms with E-state index < -0.39 is 8.94 Å². The van der Waals surface area contributed by atoms with Crippen LogP contribution < -0.4 is 0 Å². The molecule has 0 spiro atoms. The highest BCUT2D eigenvalue weighted by atomic mass is 79.9. The van der Waals surface area contributed by atoms with Crippen LogP contribution >= 0.6 is 26.6 Å². The van der Waals surface area contributed by atoms with Gasteiger partial charge in [0.1, 0.15) is 0 Å². The molecule has 0 saturated heterocycles. The maximum Gasteiger partial charge on any atom is 0.159 e. The van der Waals surface area contributed by atoms with Gasteiger partial charge in [0.2, 0.25) is 0 Å². The molecule has 1 atom stereocenters. The molecule has 0 heterocycles. The number of halogens is 2. The molecule has 0 radical (unpaired) electrons. The summed E-state index contributed by atoms with van der Waals surface area (Å²) < 4.78 is 16.4. The van der Waals surface area contributed by atoms with Gasteiger partial charge in [0, 0.05) is 21.7 Å². The molecule has 1 rings (SSSR count). The predicted molar refractivity (Wildman–Crippen MR) is 59.4 cm³/mol. The van der Waals surface area contributed by atoms with Crippen molar-refractivity contribution in [2.24, 2.45) is 4.36 Å². The lowest BCUT2D eigenvalue weighted by Gasteiger charge is -2.00. The number of benzene rings is 1. The number of hydrogen-bond donors (Lipinski definition) is 0. The smallest absolute Gasteiger partial charge is 0.159 e. The van der Waals surface area contributed by atoms with Crippen molar-refractivity contribution in [2.75, 3.05) is 6.54 Å². The Hall–Kier alpha value is -0.0600. The molecule has 5 heteroatoms. The van der Waals surface area contributed by atoms with Gasteiger partial charge in [0.15, 0.2) is 8.94 Å². The van der Waals surface area contributed by atoms with Gasteiger partial charge >= 0.3 is 0 Å². The molecule has 0 N–H and O–H groups in total. The second kappa shape index (κ2) is 4.44. The molecule has 0 aliphatic heterocycles. The topological polar surface area (TPSA) is 29.4 Å². The van der Waals surface area contributed by atoms with Crippen LogP contribution in [0.25, 0.3) is 0 Å². The Morgan fingerprint density at radius 3 is 2.46 bits per heavy atom. The third-order valence-electron chi connectivity index (χ3n) is 1.40. The van der Waals surface area contributed by atoms with Crippen molar-refractivity contribution in [1.82, 2.24) is 0 Å². The summed E-state index contributed by atoms with van der Waals surface area (Å²) in [7, 11) is 3.06. The Kier molecular flexibility index (Phi) is 3.76. The zero-order chi connectivity index (χ0) is 9.90. The van der Waals surface area contributed by atoms with E-state index in [-0.39, 0.29) is 0 Å². The summed E-state index contributed by atoms with van der Waals surface area (Å²) in [5.74, 6) is 0. The van der Waals surface area contributed by atoms with Crippen LogP contribution in [0.5, 0.6) is 0 Å². The molecule has 0 aromatic heterocycles. The first-order valence-corrected chi connectivity index (χ1v) is 6.88. The highest BCUT2D eigenvalue weighted by Crippen LogP contribution is 2.20. The van der Waals surface area contributed by atoms with Crippen LogP contribution in [0.15, 0.2) is 38.0 Å². The SMILES string of the molecule is CCN=S(=O)(Cl)c1ccc(Br)cc1. The molecule has 0 amide bonds. The second-order valence-electron chi connectivity index (χ2n) is 2.36. The number of nitrogens with zero attached hydrogens (tertiary/aromatic N) is 1. The van der Waals surface area contributed by atoms with Gasteiger partial charge in [0.25, 0.3) is 0 Å². The zero-order valence-corrected chi connectivity index (χ0v) is 10.2. The Balaban J connectivity index is 3.17. The summed E-state index contributed by atoms with van der Waals surface area (Å²) in [4.78, 5) is 0.555. The Labute approximate surface area is 91.1 Å². The molecule has 0 saturated carbocycles. The predicted octanol–water partition coefficient (Wildman–Crippen LogP) is 3.45. The van der Waals surface area contributed by atoms with Gasteiger partial charge in [-0.05, 0) is 31.2 Å². The van der Waals surface area contributed by atoms with Crippen molar-refractivity contribution in [3.05, 3.63) is 28.7 Å². The first-order valence-electron chi connectivity index (χ1n) is 3.74. The fourth-order valence-electron chi connectivity index (χ4n) is 0.843. The first-order chi connectivity index (χ1) is 6.06. The van der Waals surface area contributed by atoms with Gasteiger partial charge in [-0.15, -0.1) is 0 Å². The van der Waals surface area contributed by atoms with E-state index in [4.69, 9.17) is 10.7 Å². The summed E-state index contributed by atoms with van der Waals surface area (Å²) >= 11 is 3.28. The van der Waals surface area contributed by atoms with Gasteiger partial charge in [-0.1, -0.05) is 15.9 Å². The monoisotopic (exact) mass is 281 g/mol. The molecule has 0 bridgehead atoms. The summed E-state index contributed by atoms with van der Waals surface area (Å²) in [6.45, 7) is 2.26. The molecule has 1 unspecified atom stereocenters. The van der Waals surface area contributed by atoms with Gasteiger partial charge in [0.05, 0.1) is 4.90 Å². The minimum absolute atomic E-state index is 0.457. The van der Waals surface area contributed by atoms with E-state index in [0.29, 0.717) is 11.4 Å². The second-order valence-corrected chi connectivity index (χ2v) is 6.17. The van der Waals surface area contributed by atoms with Crippen LogP contribution in [0.1, 0.15) is 6.92 Å². The van der Waals surface area contributed by atoms with Crippen LogP contribution in [0, 0.1) is 0 Å². The average molecular weight is 283 g/mol. The van der Waals surface area contributed by atoms with E-state index in [1.165, 1.54) is 0 Å². The minimum atomic E-state index is -2.70. The van der Waals surface area contributed by atoms with Crippen LogP contribution in [0.2, 0.25) is 0 Å². The lowest BCUT2D eigenvalue weighted by atomic mass is 10.4. The van der Waals surface area contributed by atoms with Crippen molar-refractivity contribution in [3.8, 4) is 0 Å². The molecule has 72 valence electrons. The van der Waals surface area contributed by atoms with E-state index in [1.807, 2.05) is 0 Å².